The molecule has 4 nitrogen and oxygen atoms in total. The molecule has 1 amide bonds. The first-order chi connectivity index (χ1) is 9.81. The van der Waals surface area contributed by atoms with Gasteiger partial charge in [-0.1, -0.05) is 25.8 Å². The first-order valence-corrected chi connectivity index (χ1v) is 7.59. The second kappa shape index (κ2) is 8.00. The van der Waals surface area contributed by atoms with Crippen LogP contribution in [0.2, 0.25) is 0 Å². The van der Waals surface area contributed by atoms with Crippen LogP contribution in [0.5, 0.6) is 0 Å². The van der Waals surface area contributed by atoms with Gasteiger partial charge < -0.3 is 10.1 Å². The maximum atomic E-state index is 11.7. The van der Waals surface area contributed by atoms with Crippen LogP contribution in [-0.4, -0.2) is 30.6 Å². The summed E-state index contributed by atoms with van der Waals surface area (Å²) in [5, 5.41) is 2.95. The van der Waals surface area contributed by atoms with Crippen LogP contribution in [0.25, 0.3) is 0 Å². The minimum atomic E-state index is -0.0223. The van der Waals surface area contributed by atoms with Crippen molar-refractivity contribution in [3.63, 3.8) is 0 Å². The highest BCUT2D eigenvalue weighted by Crippen LogP contribution is 2.30. The first-order valence-electron chi connectivity index (χ1n) is 7.59. The molecule has 1 aliphatic rings. The number of amides is 1. The molecule has 20 heavy (non-hydrogen) atoms. The average Bonchev–Trinajstić information content (AvgIpc) is 2.88. The standard InChI is InChI=1S/C16H24N2O2/c1-2-3-4-10-20-12-15(19)18-11-14-8-7-13-6-5-9-17-16(13)14/h5-6,9,14H,2-4,7-8,10-12H2,1H3,(H,18,19)/t14-/m0/s1. The molecule has 1 aromatic heterocycles. The van der Waals surface area contributed by atoms with Gasteiger partial charge in [-0.3, -0.25) is 9.78 Å². The summed E-state index contributed by atoms with van der Waals surface area (Å²) in [4.78, 5) is 16.1. The quantitative estimate of drug-likeness (QED) is 0.742. The lowest BCUT2D eigenvalue weighted by Crippen LogP contribution is -2.31. The van der Waals surface area contributed by atoms with E-state index in [-0.39, 0.29) is 12.5 Å². The maximum absolute atomic E-state index is 11.7. The molecule has 0 spiro atoms. The van der Waals surface area contributed by atoms with Crippen molar-refractivity contribution >= 4 is 5.91 Å². The van der Waals surface area contributed by atoms with Gasteiger partial charge in [0.05, 0.1) is 0 Å². The van der Waals surface area contributed by atoms with Crippen LogP contribution in [0.15, 0.2) is 18.3 Å². The molecule has 1 heterocycles. The van der Waals surface area contributed by atoms with Crippen LogP contribution in [-0.2, 0) is 16.0 Å². The number of fused-ring (bicyclic) bond motifs is 1. The summed E-state index contributed by atoms with van der Waals surface area (Å²) in [6, 6.07) is 4.10. The smallest absolute Gasteiger partial charge is 0.246 e. The lowest BCUT2D eigenvalue weighted by Gasteiger charge is -2.12. The molecule has 0 aromatic carbocycles. The number of carbonyl (C=O) groups excluding carboxylic acids is 1. The van der Waals surface area contributed by atoms with E-state index >= 15 is 0 Å². The summed E-state index contributed by atoms with van der Waals surface area (Å²) in [7, 11) is 0. The molecular weight excluding hydrogens is 252 g/mol. The molecule has 1 aromatic rings. The van der Waals surface area contributed by atoms with E-state index in [4.69, 9.17) is 4.74 Å². The van der Waals surface area contributed by atoms with Gasteiger partial charge in [0.15, 0.2) is 0 Å². The van der Waals surface area contributed by atoms with E-state index in [1.54, 1.807) is 0 Å². The fraction of sp³-hybridized carbons (Fsp3) is 0.625. The van der Waals surface area contributed by atoms with Crippen LogP contribution in [0.1, 0.15) is 49.8 Å². The van der Waals surface area contributed by atoms with Crippen LogP contribution >= 0.6 is 0 Å². The molecule has 4 heteroatoms. The minimum absolute atomic E-state index is 0.0223. The number of carbonyl (C=O) groups is 1. The summed E-state index contributed by atoms with van der Waals surface area (Å²) in [5.74, 6) is 0.334. The van der Waals surface area contributed by atoms with E-state index in [2.05, 4.69) is 23.3 Å². The summed E-state index contributed by atoms with van der Waals surface area (Å²) in [6.07, 6.45) is 7.33. The minimum Gasteiger partial charge on any atom is -0.372 e. The zero-order valence-corrected chi connectivity index (χ0v) is 12.2. The molecule has 0 unspecified atom stereocenters. The first kappa shape index (κ1) is 15.0. The van der Waals surface area contributed by atoms with E-state index in [1.165, 1.54) is 12.0 Å². The van der Waals surface area contributed by atoms with Crippen molar-refractivity contribution in [2.45, 2.75) is 44.9 Å². The van der Waals surface area contributed by atoms with Crippen molar-refractivity contribution in [3.05, 3.63) is 29.6 Å². The van der Waals surface area contributed by atoms with E-state index in [9.17, 15) is 4.79 Å². The summed E-state index contributed by atoms with van der Waals surface area (Å²) in [5.41, 5.74) is 2.47. The Morgan fingerprint density at radius 2 is 2.40 bits per heavy atom. The molecule has 0 saturated heterocycles. The summed E-state index contributed by atoms with van der Waals surface area (Å²) in [6.45, 7) is 3.67. The topological polar surface area (TPSA) is 51.2 Å². The molecule has 1 N–H and O–H groups in total. The molecule has 0 saturated carbocycles. The van der Waals surface area contributed by atoms with Gasteiger partial charge >= 0.3 is 0 Å². The molecule has 0 bridgehead atoms. The van der Waals surface area contributed by atoms with Crippen molar-refractivity contribution in [2.24, 2.45) is 0 Å². The van der Waals surface area contributed by atoms with Crippen molar-refractivity contribution in [2.75, 3.05) is 19.8 Å². The fourth-order valence-electron chi connectivity index (χ4n) is 2.60. The molecule has 0 aliphatic heterocycles. The lowest BCUT2D eigenvalue weighted by molar-refractivity contribution is -0.125. The highest BCUT2D eigenvalue weighted by molar-refractivity contribution is 5.77. The van der Waals surface area contributed by atoms with Gasteiger partial charge in [0, 0.05) is 31.0 Å². The molecule has 1 atom stereocenters. The number of aryl methyl sites for hydroxylation is 1. The number of unbranched alkanes of at least 4 members (excludes halogenated alkanes) is 2. The molecule has 0 fully saturated rings. The summed E-state index contributed by atoms with van der Waals surface area (Å²) >= 11 is 0. The average molecular weight is 276 g/mol. The van der Waals surface area contributed by atoms with Gasteiger partial charge in [-0.2, -0.15) is 0 Å². The molecule has 1 aliphatic carbocycles. The SMILES string of the molecule is CCCCCOCC(=O)NC[C@@H]1CCc2cccnc21. The van der Waals surface area contributed by atoms with Gasteiger partial charge in [-0.15, -0.1) is 0 Å². The Kier molecular flexibility index (Phi) is 5.99. The Morgan fingerprint density at radius 3 is 3.25 bits per heavy atom. The number of pyridine rings is 1. The lowest BCUT2D eigenvalue weighted by atomic mass is 10.1. The predicted molar refractivity (Wildman–Crippen MR) is 78.7 cm³/mol. The number of hydrogen-bond donors (Lipinski definition) is 1. The molecule has 110 valence electrons. The predicted octanol–water partition coefficient (Wildman–Crippen LogP) is 2.43. The number of nitrogens with zero attached hydrogens (tertiary/aromatic N) is 1. The Hall–Kier alpha value is -1.42. The van der Waals surface area contributed by atoms with Crippen LogP contribution in [0.4, 0.5) is 0 Å². The third-order valence-electron chi connectivity index (χ3n) is 3.75. The Labute approximate surface area is 120 Å². The van der Waals surface area contributed by atoms with Crippen molar-refractivity contribution < 1.29 is 9.53 Å². The third kappa shape index (κ3) is 4.30. The number of rotatable bonds is 8. The van der Waals surface area contributed by atoms with Crippen molar-refractivity contribution in [1.82, 2.24) is 10.3 Å². The fourth-order valence-corrected chi connectivity index (χ4v) is 2.60. The van der Waals surface area contributed by atoms with E-state index < -0.39 is 0 Å². The van der Waals surface area contributed by atoms with Crippen molar-refractivity contribution in [3.8, 4) is 0 Å². The van der Waals surface area contributed by atoms with Crippen molar-refractivity contribution in [1.29, 1.82) is 0 Å². The Morgan fingerprint density at radius 1 is 1.50 bits per heavy atom. The largest absolute Gasteiger partial charge is 0.372 e. The van der Waals surface area contributed by atoms with Crippen LogP contribution in [0, 0.1) is 0 Å². The molecule has 0 radical (unpaired) electrons. The number of nitrogens with one attached hydrogen (secondary N) is 1. The summed E-state index contributed by atoms with van der Waals surface area (Å²) < 4.78 is 5.35. The highest BCUT2D eigenvalue weighted by Gasteiger charge is 2.23. The molecule has 2 rings (SSSR count). The Bertz CT molecular complexity index is 434. The zero-order valence-electron chi connectivity index (χ0n) is 12.2. The van der Waals surface area contributed by atoms with E-state index in [0.717, 1.165) is 31.4 Å². The van der Waals surface area contributed by atoms with Gasteiger partial charge in [-0.25, -0.2) is 0 Å². The van der Waals surface area contributed by atoms with Crippen LogP contribution in [0.3, 0.4) is 0 Å². The second-order valence-corrected chi connectivity index (χ2v) is 5.35. The van der Waals surface area contributed by atoms with E-state index in [0.29, 0.717) is 19.1 Å². The third-order valence-corrected chi connectivity index (χ3v) is 3.75. The number of ether oxygens (including phenoxy) is 1. The van der Waals surface area contributed by atoms with Crippen LogP contribution < -0.4 is 5.32 Å². The molecular formula is C16H24N2O2. The maximum Gasteiger partial charge on any atom is 0.246 e. The highest BCUT2D eigenvalue weighted by atomic mass is 16.5. The van der Waals surface area contributed by atoms with E-state index in [1.807, 2.05) is 12.3 Å². The number of aromatic nitrogens is 1. The van der Waals surface area contributed by atoms with Gasteiger partial charge in [0.25, 0.3) is 0 Å². The zero-order chi connectivity index (χ0) is 14.2. The van der Waals surface area contributed by atoms with Gasteiger partial charge in [-0.05, 0) is 30.9 Å². The Balaban J connectivity index is 1.65. The number of hydrogen-bond acceptors (Lipinski definition) is 3. The second-order valence-electron chi connectivity index (χ2n) is 5.35. The van der Waals surface area contributed by atoms with Gasteiger partial charge in [0.2, 0.25) is 5.91 Å². The normalized spacial score (nSPS) is 16.9. The van der Waals surface area contributed by atoms with Gasteiger partial charge in [0.1, 0.15) is 6.61 Å². The monoisotopic (exact) mass is 276 g/mol.